The summed E-state index contributed by atoms with van der Waals surface area (Å²) >= 11 is 1.35. The van der Waals surface area contributed by atoms with E-state index in [1.165, 1.54) is 43.0 Å². The van der Waals surface area contributed by atoms with Crippen molar-refractivity contribution in [2.45, 2.75) is 34.9 Å². The minimum atomic E-state index is -3.74. The highest BCUT2D eigenvalue weighted by molar-refractivity contribution is 8.00. The fourth-order valence-corrected chi connectivity index (χ4v) is 4.88. The van der Waals surface area contributed by atoms with Crippen molar-refractivity contribution in [3.63, 3.8) is 0 Å². The lowest BCUT2D eigenvalue weighted by Crippen LogP contribution is -2.30. The second-order valence-electron chi connectivity index (χ2n) is 6.46. The van der Waals surface area contributed by atoms with Crippen LogP contribution < -0.4 is 10.6 Å². The van der Waals surface area contributed by atoms with Gasteiger partial charge < -0.3 is 10.6 Å². The quantitative estimate of drug-likeness (QED) is 0.747. The highest BCUT2D eigenvalue weighted by Crippen LogP contribution is 2.34. The summed E-state index contributed by atoms with van der Waals surface area (Å²) in [5, 5.41) is 4.37. The van der Waals surface area contributed by atoms with Gasteiger partial charge in [0.2, 0.25) is 11.8 Å². The number of fused-ring (bicyclic) bond motifs is 1. The third-order valence-electron chi connectivity index (χ3n) is 4.32. The van der Waals surface area contributed by atoms with E-state index < -0.39 is 21.0 Å². The third-order valence-corrected chi connectivity index (χ3v) is 7.53. The van der Waals surface area contributed by atoms with Gasteiger partial charge in [-0.1, -0.05) is 12.1 Å². The van der Waals surface area contributed by atoms with Crippen molar-refractivity contribution >= 4 is 39.1 Å². The van der Waals surface area contributed by atoms with Crippen LogP contribution in [0, 0.1) is 5.82 Å². The first-order valence-corrected chi connectivity index (χ1v) is 11.1. The molecule has 1 atom stereocenters. The summed E-state index contributed by atoms with van der Waals surface area (Å²) in [7, 11) is -3.74. The monoisotopic (exact) mass is 422 g/mol. The summed E-state index contributed by atoms with van der Waals surface area (Å²) in [6.45, 7) is 1.66. The third kappa shape index (κ3) is 4.71. The maximum Gasteiger partial charge on any atom is 0.234 e. The number of thioether (sulfide) groups is 1. The van der Waals surface area contributed by atoms with Crippen molar-refractivity contribution in [1.82, 2.24) is 5.32 Å². The van der Waals surface area contributed by atoms with Gasteiger partial charge in [-0.2, -0.15) is 0 Å². The van der Waals surface area contributed by atoms with Crippen LogP contribution in [0.2, 0.25) is 0 Å². The van der Waals surface area contributed by atoms with Crippen LogP contribution >= 0.6 is 11.8 Å². The Hall–Kier alpha value is -2.39. The minimum absolute atomic E-state index is 0.0629. The molecule has 0 radical (unpaired) electrons. The lowest BCUT2D eigenvalue weighted by Gasteiger charge is -2.18. The molecule has 0 bridgehead atoms. The average Bonchev–Trinajstić information content (AvgIpc) is 2.66. The van der Waals surface area contributed by atoms with E-state index in [2.05, 4.69) is 10.6 Å². The molecule has 0 saturated carbocycles. The van der Waals surface area contributed by atoms with Gasteiger partial charge in [-0.15, -0.1) is 11.8 Å². The van der Waals surface area contributed by atoms with Gasteiger partial charge in [0, 0.05) is 17.9 Å². The van der Waals surface area contributed by atoms with Crippen LogP contribution in [-0.2, 0) is 26.0 Å². The van der Waals surface area contributed by atoms with E-state index in [4.69, 9.17) is 0 Å². The number of amides is 2. The molecule has 0 spiro atoms. The number of rotatable bonds is 6. The minimum Gasteiger partial charge on any atom is -0.352 e. The molecule has 9 heteroatoms. The Kier molecular flexibility index (Phi) is 6.04. The zero-order chi connectivity index (χ0) is 20.3. The summed E-state index contributed by atoms with van der Waals surface area (Å²) in [5.74, 6) is -0.666. The van der Waals surface area contributed by atoms with Gasteiger partial charge in [-0.25, -0.2) is 12.8 Å². The Morgan fingerprint density at radius 1 is 1.25 bits per heavy atom. The van der Waals surface area contributed by atoms with Crippen LogP contribution in [-0.4, -0.2) is 31.2 Å². The maximum absolute atomic E-state index is 12.9. The van der Waals surface area contributed by atoms with Gasteiger partial charge in [0.25, 0.3) is 0 Å². The van der Waals surface area contributed by atoms with E-state index in [1.54, 1.807) is 18.2 Å². The Labute approximate surface area is 166 Å². The number of nitrogens with one attached hydrogen (secondary N) is 2. The van der Waals surface area contributed by atoms with Crippen LogP contribution in [0.5, 0.6) is 0 Å². The number of sulfone groups is 1. The molecule has 148 valence electrons. The zero-order valence-corrected chi connectivity index (χ0v) is 16.7. The summed E-state index contributed by atoms with van der Waals surface area (Å²) in [6, 6.07) is 10.3. The molecule has 2 N–H and O–H groups in total. The highest BCUT2D eigenvalue weighted by atomic mass is 32.2. The Morgan fingerprint density at radius 3 is 2.68 bits per heavy atom. The molecular weight excluding hydrogens is 403 g/mol. The van der Waals surface area contributed by atoms with E-state index >= 15 is 0 Å². The van der Waals surface area contributed by atoms with Crippen LogP contribution in [0.1, 0.15) is 18.9 Å². The van der Waals surface area contributed by atoms with E-state index in [1.807, 2.05) is 0 Å². The van der Waals surface area contributed by atoms with Gasteiger partial charge in [-0.3, -0.25) is 9.59 Å². The molecule has 1 aliphatic rings. The van der Waals surface area contributed by atoms with Gasteiger partial charge in [0.05, 0.1) is 21.6 Å². The van der Waals surface area contributed by atoms with Gasteiger partial charge in [-0.05, 0) is 42.8 Å². The fourth-order valence-electron chi connectivity index (χ4n) is 2.72. The topological polar surface area (TPSA) is 92.3 Å². The first-order valence-electron chi connectivity index (χ1n) is 8.57. The first-order chi connectivity index (χ1) is 13.3. The standard InChI is InChI=1S/C19H19FN2O4S2/c1-12(8-18(23)21-10-13-2-4-14(20)5-3-13)28(25,26)15-6-7-17-16(9-15)22-19(24)11-27-17/h2-7,9,12H,8,10-11H2,1H3,(H,21,23)(H,22,24). The van der Waals surface area contributed by atoms with E-state index in [-0.39, 0.29) is 29.6 Å². The highest BCUT2D eigenvalue weighted by Gasteiger charge is 2.27. The number of halogens is 1. The second kappa shape index (κ2) is 8.32. The van der Waals surface area contributed by atoms with E-state index in [9.17, 15) is 22.4 Å². The van der Waals surface area contributed by atoms with Crippen molar-refractivity contribution < 1.29 is 22.4 Å². The molecule has 1 unspecified atom stereocenters. The van der Waals surface area contributed by atoms with Gasteiger partial charge in [0.1, 0.15) is 5.82 Å². The number of benzene rings is 2. The summed E-state index contributed by atoms with van der Waals surface area (Å²) in [6.07, 6.45) is -0.207. The summed E-state index contributed by atoms with van der Waals surface area (Å²) < 4.78 is 38.5. The van der Waals surface area contributed by atoms with Crippen LogP contribution in [0.4, 0.5) is 10.1 Å². The first kappa shape index (κ1) is 20.3. The average molecular weight is 423 g/mol. The maximum atomic E-state index is 12.9. The molecule has 2 aromatic rings. The zero-order valence-electron chi connectivity index (χ0n) is 15.1. The van der Waals surface area contributed by atoms with Gasteiger partial charge >= 0.3 is 0 Å². The van der Waals surface area contributed by atoms with Gasteiger partial charge in [0.15, 0.2) is 9.84 Å². The number of anilines is 1. The molecule has 1 aliphatic heterocycles. The summed E-state index contributed by atoms with van der Waals surface area (Å²) in [5.41, 5.74) is 1.18. The lowest BCUT2D eigenvalue weighted by molar-refractivity contribution is -0.121. The molecule has 2 amide bonds. The Bertz CT molecular complexity index is 1010. The Morgan fingerprint density at radius 2 is 1.96 bits per heavy atom. The number of carbonyl (C=O) groups excluding carboxylic acids is 2. The molecule has 0 fully saturated rings. The largest absolute Gasteiger partial charge is 0.352 e. The van der Waals surface area contributed by atoms with E-state index in [0.717, 1.165) is 4.90 Å². The predicted octanol–water partition coefficient (Wildman–Crippen LogP) is 2.74. The summed E-state index contributed by atoms with van der Waals surface area (Å²) in [4.78, 5) is 24.5. The van der Waals surface area contributed by atoms with Crippen molar-refractivity contribution in [2.75, 3.05) is 11.1 Å². The van der Waals surface area contributed by atoms with Crippen molar-refractivity contribution in [1.29, 1.82) is 0 Å². The predicted molar refractivity (Wildman–Crippen MR) is 105 cm³/mol. The molecule has 1 heterocycles. The SMILES string of the molecule is CC(CC(=O)NCc1ccc(F)cc1)S(=O)(=O)c1ccc2c(c1)NC(=O)CS2. The normalized spacial score (nSPS) is 14.7. The van der Waals surface area contributed by atoms with Crippen LogP contribution in [0.3, 0.4) is 0 Å². The van der Waals surface area contributed by atoms with E-state index in [0.29, 0.717) is 17.0 Å². The second-order valence-corrected chi connectivity index (χ2v) is 9.84. The molecule has 6 nitrogen and oxygen atoms in total. The molecule has 0 aromatic heterocycles. The number of hydrogen-bond acceptors (Lipinski definition) is 5. The molecule has 2 aromatic carbocycles. The number of hydrogen-bond donors (Lipinski definition) is 2. The smallest absolute Gasteiger partial charge is 0.234 e. The molecule has 3 rings (SSSR count). The Balaban J connectivity index is 1.64. The van der Waals surface area contributed by atoms with Crippen LogP contribution in [0.15, 0.2) is 52.3 Å². The van der Waals surface area contributed by atoms with Crippen molar-refractivity contribution in [3.8, 4) is 0 Å². The molecular formula is C19H19FN2O4S2. The molecule has 0 saturated heterocycles. The lowest BCUT2D eigenvalue weighted by atomic mass is 10.2. The molecule has 28 heavy (non-hydrogen) atoms. The van der Waals surface area contributed by atoms with Crippen molar-refractivity contribution in [3.05, 3.63) is 53.8 Å². The number of carbonyl (C=O) groups is 2. The fraction of sp³-hybridized carbons (Fsp3) is 0.263. The molecule has 0 aliphatic carbocycles. The van der Waals surface area contributed by atoms with Crippen molar-refractivity contribution in [2.24, 2.45) is 0 Å². The van der Waals surface area contributed by atoms with Crippen LogP contribution in [0.25, 0.3) is 0 Å².